The second kappa shape index (κ2) is 5.79. The monoisotopic (exact) mass is 344 g/mol. The van der Waals surface area contributed by atoms with Crippen LogP contribution in [0.1, 0.15) is 81.3 Å². The fourth-order valence-electron chi connectivity index (χ4n) is 4.85. The summed E-state index contributed by atoms with van der Waals surface area (Å²) in [6, 6.07) is 0. The van der Waals surface area contributed by atoms with Gasteiger partial charge in [0, 0.05) is 23.0 Å². The molecule has 25 heavy (non-hydrogen) atoms. The Kier molecular flexibility index (Phi) is 4.13. The second-order valence-electron chi connectivity index (χ2n) is 8.11. The van der Waals surface area contributed by atoms with Gasteiger partial charge < -0.3 is 14.9 Å². The maximum absolute atomic E-state index is 12.9. The number of aromatic hydroxyl groups is 2. The molecule has 1 aromatic rings. The molecule has 136 valence electrons. The first-order valence-corrected chi connectivity index (χ1v) is 9.00. The summed E-state index contributed by atoms with van der Waals surface area (Å²) in [5.41, 5.74) is 3.56. The number of phenols is 2. The predicted octanol–water partition coefficient (Wildman–Crippen LogP) is 4.82. The van der Waals surface area contributed by atoms with E-state index in [4.69, 9.17) is 4.74 Å². The lowest BCUT2D eigenvalue weighted by atomic mass is 9.56. The van der Waals surface area contributed by atoms with E-state index in [0.29, 0.717) is 28.9 Å². The molecule has 4 nitrogen and oxygen atoms in total. The summed E-state index contributed by atoms with van der Waals surface area (Å²) in [5.74, 6) is 0.190. The van der Waals surface area contributed by atoms with E-state index in [0.717, 1.165) is 12.8 Å². The molecule has 0 saturated heterocycles. The van der Waals surface area contributed by atoms with Crippen molar-refractivity contribution in [3.8, 4) is 17.2 Å². The molecular weight excluding hydrogens is 316 g/mol. The molecule has 2 atom stereocenters. The van der Waals surface area contributed by atoms with Crippen LogP contribution in [0.3, 0.4) is 0 Å². The maximum atomic E-state index is 12.9. The SMILES string of the molecule is COc1c(O)c2c(c(O)c1C(C)C)C(=O)CC1C(C)=C(C)CCC21C. The lowest BCUT2D eigenvalue weighted by Crippen LogP contribution is -2.42. The molecular formula is C21H28O4. The summed E-state index contributed by atoms with van der Waals surface area (Å²) < 4.78 is 5.46. The average Bonchev–Trinajstić information content (AvgIpc) is 2.55. The highest BCUT2D eigenvalue weighted by molar-refractivity contribution is 6.04. The molecule has 1 aromatic carbocycles. The molecule has 0 heterocycles. The molecule has 0 aliphatic heterocycles. The van der Waals surface area contributed by atoms with Gasteiger partial charge in [0.1, 0.15) is 5.75 Å². The molecule has 2 aliphatic carbocycles. The topological polar surface area (TPSA) is 66.8 Å². The van der Waals surface area contributed by atoms with Gasteiger partial charge in [-0.2, -0.15) is 0 Å². The Morgan fingerprint density at radius 1 is 1.20 bits per heavy atom. The smallest absolute Gasteiger partial charge is 0.167 e. The van der Waals surface area contributed by atoms with Crippen molar-refractivity contribution in [2.45, 2.75) is 65.2 Å². The van der Waals surface area contributed by atoms with Crippen LogP contribution in [0, 0.1) is 5.92 Å². The summed E-state index contributed by atoms with van der Waals surface area (Å²) in [6.07, 6.45) is 2.16. The van der Waals surface area contributed by atoms with Crippen molar-refractivity contribution in [1.82, 2.24) is 0 Å². The number of allylic oxidation sites excluding steroid dienone is 2. The van der Waals surface area contributed by atoms with Gasteiger partial charge in [0.05, 0.1) is 12.7 Å². The lowest BCUT2D eigenvalue weighted by molar-refractivity contribution is 0.0904. The number of ketones is 1. The highest BCUT2D eigenvalue weighted by Gasteiger charge is 2.50. The molecule has 2 unspecified atom stereocenters. The molecule has 4 heteroatoms. The minimum absolute atomic E-state index is 0.0201. The van der Waals surface area contributed by atoms with Crippen LogP contribution in [0.2, 0.25) is 0 Å². The van der Waals surface area contributed by atoms with Gasteiger partial charge in [-0.25, -0.2) is 0 Å². The van der Waals surface area contributed by atoms with Gasteiger partial charge in [-0.15, -0.1) is 0 Å². The molecule has 0 spiro atoms. The van der Waals surface area contributed by atoms with Crippen LogP contribution in [0.15, 0.2) is 11.1 Å². The Morgan fingerprint density at radius 2 is 1.84 bits per heavy atom. The van der Waals surface area contributed by atoms with E-state index in [1.54, 1.807) is 0 Å². The van der Waals surface area contributed by atoms with Crippen molar-refractivity contribution in [2.24, 2.45) is 5.92 Å². The van der Waals surface area contributed by atoms with E-state index in [2.05, 4.69) is 20.8 Å². The van der Waals surface area contributed by atoms with Crippen LogP contribution in [0.5, 0.6) is 17.2 Å². The largest absolute Gasteiger partial charge is 0.507 e. The van der Waals surface area contributed by atoms with Crippen LogP contribution < -0.4 is 4.74 Å². The minimum atomic E-state index is -0.378. The van der Waals surface area contributed by atoms with Crippen molar-refractivity contribution < 1.29 is 19.7 Å². The summed E-state index contributed by atoms with van der Waals surface area (Å²) in [4.78, 5) is 12.9. The maximum Gasteiger partial charge on any atom is 0.167 e. The fourth-order valence-corrected chi connectivity index (χ4v) is 4.85. The number of fused-ring (bicyclic) bond motifs is 3. The first-order chi connectivity index (χ1) is 11.6. The first kappa shape index (κ1) is 17.8. The highest BCUT2D eigenvalue weighted by Crippen LogP contribution is 2.59. The second-order valence-corrected chi connectivity index (χ2v) is 8.11. The average molecular weight is 344 g/mol. The first-order valence-electron chi connectivity index (χ1n) is 9.00. The molecule has 2 N–H and O–H groups in total. The van der Waals surface area contributed by atoms with Gasteiger partial charge in [0.25, 0.3) is 0 Å². The molecule has 0 bridgehead atoms. The van der Waals surface area contributed by atoms with Crippen molar-refractivity contribution in [2.75, 3.05) is 7.11 Å². The Hall–Kier alpha value is -1.97. The van der Waals surface area contributed by atoms with Crippen LogP contribution in [-0.2, 0) is 5.41 Å². The van der Waals surface area contributed by atoms with Crippen LogP contribution in [-0.4, -0.2) is 23.1 Å². The molecule has 3 rings (SSSR count). The number of benzene rings is 1. The van der Waals surface area contributed by atoms with Gasteiger partial charge in [-0.1, -0.05) is 31.9 Å². The minimum Gasteiger partial charge on any atom is -0.507 e. The van der Waals surface area contributed by atoms with E-state index in [9.17, 15) is 15.0 Å². The molecule has 0 saturated carbocycles. The Balaban J connectivity index is 2.39. The number of rotatable bonds is 2. The number of hydrogen-bond donors (Lipinski definition) is 2. The zero-order chi connectivity index (χ0) is 18.7. The van der Waals surface area contributed by atoms with Crippen molar-refractivity contribution in [3.05, 3.63) is 27.8 Å². The molecule has 0 radical (unpaired) electrons. The van der Waals surface area contributed by atoms with E-state index < -0.39 is 0 Å². The Morgan fingerprint density at radius 3 is 2.40 bits per heavy atom. The van der Waals surface area contributed by atoms with Gasteiger partial charge in [-0.05, 0) is 38.5 Å². The van der Waals surface area contributed by atoms with Crippen LogP contribution in [0.25, 0.3) is 0 Å². The summed E-state index contributed by atoms with van der Waals surface area (Å²) >= 11 is 0. The normalized spacial score (nSPS) is 25.9. The Bertz CT molecular complexity index is 788. The zero-order valence-corrected chi connectivity index (χ0v) is 16.0. The Labute approximate surface area is 149 Å². The van der Waals surface area contributed by atoms with E-state index in [1.807, 2.05) is 13.8 Å². The van der Waals surface area contributed by atoms with Crippen LogP contribution in [0.4, 0.5) is 0 Å². The summed E-state index contributed by atoms with van der Waals surface area (Å²) in [6.45, 7) is 10.1. The third kappa shape index (κ3) is 2.30. The number of phenolic OH excluding ortho intramolecular Hbond substituents is 2. The van der Waals surface area contributed by atoms with Gasteiger partial charge >= 0.3 is 0 Å². The van der Waals surface area contributed by atoms with Crippen molar-refractivity contribution in [1.29, 1.82) is 0 Å². The van der Waals surface area contributed by atoms with E-state index in [-0.39, 0.29) is 34.5 Å². The zero-order valence-electron chi connectivity index (χ0n) is 16.0. The van der Waals surface area contributed by atoms with Crippen LogP contribution >= 0.6 is 0 Å². The number of carbonyl (C=O) groups excluding carboxylic acids is 1. The highest BCUT2D eigenvalue weighted by atomic mass is 16.5. The van der Waals surface area contributed by atoms with Gasteiger partial charge in [-0.3, -0.25) is 4.79 Å². The van der Waals surface area contributed by atoms with Crippen molar-refractivity contribution >= 4 is 5.78 Å². The standard InChI is InChI=1S/C21H28O4/c1-10(2)15-18(23)16-14(22)9-13-12(4)11(3)7-8-21(13,5)17(16)19(24)20(15)25-6/h10,13,23-24H,7-9H2,1-6H3. The number of hydrogen-bond acceptors (Lipinski definition) is 4. The third-order valence-electron chi connectivity index (χ3n) is 6.44. The van der Waals surface area contributed by atoms with Crippen molar-refractivity contribution in [3.63, 3.8) is 0 Å². The summed E-state index contributed by atoms with van der Waals surface area (Å²) in [5, 5.41) is 22.0. The fraction of sp³-hybridized carbons (Fsp3) is 0.571. The lowest BCUT2D eigenvalue weighted by Gasteiger charge is -2.47. The quantitative estimate of drug-likeness (QED) is 0.596. The number of carbonyl (C=O) groups is 1. The number of methoxy groups -OCH3 is 1. The third-order valence-corrected chi connectivity index (χ3v) is 6.44. The van der Waals surface area contributed by atoms with E-state index >= 15 is 0 Å². The van der Waals surface area contributed by atoms with Gasteiger partial charge in [0.15, 0.2) is 17.3 Å². The molecule has 0 fully saturated rings. The summed E-state index contributed by atoms with van der Waals surface area (Å²) in [7, 11) is 1.49. The van der Waals surface area contributed by atoms with E-state index in [1.165, 1.54) is 18.3 Å². The molecule has 0 amide bonds. The van der Waals surface area contributed by atoms with Gasteiger partial charge in [0.2, 0.25) is 0 Å². The molecule has 0 aromatic heterocycles. The predicted molar refractivity (Wildman–Crippen MR) is 97.8 cm³/mol. The molecule has 2 aliphatic rings. The number of Topliss-reactive ketones (excluding diaryl/α,β-unsaturated/α-hetero) is 1. The number of ether oxygens (including phenoxy) is 1.